The molecule has 0 aliphatic carbocycles. The number of rotatable bonds is 5. The lowest BCUT2D eigenvalue weighted by atomic mass is 10.2. The molecule has 0 fully saturated rings. The Morgan fingerprint density at radius 1 is 0.952 bits per heavy atom. The van der Waals surface area contributed by atoms with Crippen LogP contribution in [0.15, 0.2) is 59.0 Å². The molecule has 4 nitrogen and oxygen atoms in total. The first-order valence-electron chi connectivity index (χ1n) is 6.84. The van der Waals surface area contributed by atoms with Crippen molar-refractivity contribution in [3.8, 4) is 5.75 Å². The summed E-state index contributed by atoms with van der Waals surface area (Å²) in [6.07, 6.45) is 0.637. The fraction of sp³-hybridized carbons (Fsp3) is 0.176. The van der Waals surface area contributed by atoms with Gasteiger partial charge >= 0.3 is 0 Å². The SMILES string of the molecule is Cc1cccc(OCc2nnc(Cc3ccccc3)o2)c1. The molecule has 1 aromatic heterocycles. The molecule has 0 amide bonds. The summed E-state index contributed by atoms with van der Waals surface area (Å²) in [6, 6.07) is 17.9. The van der Waals surface area contributed by atoms with Crippen LogP contribution in [-0.2, 0) is 13.0 Å². The topological polar surface area (TPSA) is 48.2 Å². The Morgan fingerprint density at radius 3 is 2.57 bits per heavy atom. The van der Waals surface area contributed by atoms with Crippen molar-refractivity contribution in [1.82, 2.24) is 10.2 Å². The predicted molar refractivity (Wildman–Crippen MR) is 79.1 cm³/mol. The Hall–Kier alpha value is -2.62. The fourth-order valence-electron chi connectivity index (χ4n) is 2.04. The lowest BCUT2D eigenvalue weighted by Gasteiger charge is -2.03. The van der Waals surface area contributed by atoms with E-state index in [9.17, 15) is 0 Å². The van der Waals surface area contributed by atoms with E-state index in [2.05, 4.69) is 10.2 Å². The van der Waals surface area contributed by atoms with Gasteiger partial charge in [0.2, 0.25) is 5.89 Å². The third-order valence-electron chi connectivity index (χ3n) is 3.06. The fourth-order valence-corrected chi connectivity index (χ4v) is 2.04. The monoisotopic (exact) mass is 280 g/mol. The van der Waals surface area contributed by atoms with Crippen LogP contribution in [0.1, 0.15) is 22.9 Å². The van der Waals surface area contributed by atoms with Gasteiger partial charge in [0.15, 0.2) is 6.61 Å². The summed E-state index contributed by atoms with van der Waals surface area (Å²) >= 11 is 0. The van der Waals surface area contributed by atoms with Gasteiger partial charge in [0.25, 0.3) is 5.89 Å². The number of aromatic nitrogens is 2. The van der Waals surface area contributed by atoms with Crippen molar-refractivity contribution < 1.29 is 9.15 Å². The lowest BCUT2D eigenvalue weighted by molar-refractivity contribution is 0.259. The molecule has 106 valence electrons. The molecule has 0 saturated carbocycles. The summed E-state index contributed by atoms with van der Waals surface area (Å²) in [5, 5.41) is 8.05. The molecule has 0 aliphatic rings. The van der Waals surface area contributed by atoms with Crippen molar-refractivity contribution in [3.63, 3.8) is 0 Å². The summed E-state index contributed by atoms with van der Waals surface area (Å²) in [6.45, 7) is 2.31. The Labute approximate surface area is 123 Å². The van der Waals surface area contributed by atoms with Crippen LogP contribution in [0.2, 0.25) is 0 Å². The molecule has 2 aromatic carbocycles. The molecular formula is C17H16N2O2. The van der Waals surface area contributed by atoms with Crippen molar-refractivity contribution >= 4 is 0 Å². The number of benzene rings is 2. The minimum Gasteiger partial charge on any atom is -0.484 e. The van der Waals surface area contributed by atoms with E-state index in [4.69, 9.17) is 9.15 Å². The Kier molecular flexibility index (Phi) is 3.96. The Bertz CT molecular complexity index is 708. The van der Waals surface area contributed by atoms with Gasteiger partial charge in [-0.15, -0.1) is 10.2 Å². The van der Waals surface area contributed by atoms with Gasteiger partial charge in [-0.3, -0.25) is 0 Å². The molecule has 0 saturated heterocycles. The van der Waals surface area contributed by atoms with Gasteiger partial charge < -0.3 is 9.15 Å². The highest BCUT2D eigenvalue weighted by molar-refractivity contribution is 5.27. The molecule has 0 atom stereocenters. The summed E-state index contributed by atoms with van der Waals surface area (Å²) < 4.78 is 11.2. The minimum absolute atomic E-state index is 0.283. The standard InChI is InChI=1S/C17H16N2O2/c1-13-6-5-9-15(10-13)20-12-17-19-18-16(21-17)11-14-7-3-2-4-8-14/h2-10H,11-12H2,1H3. The van der Waals surface area contributed by atoms with Crippen LogP contribution >= 0.6 is 0 Å². The second-order valence-corrected chi connectivity index (χ2v) is 4.86. The van der Waals surface area contributed by atoms with Gasteiger partial charge in [-0.1, -0.05) is 42.5 Å². The van der Waals surface area contributed by atoms with Crippen LogP contribution in [0.3, 0.4) is 0 Å². The second kappa shape index (κ2) is 6.22. The van der Waals surface area contributed by atoms with Gasteiger partial charge in [-0.25, -0.2) is 0 Å². The zero-order chi connectivity index (χ0) is 14.5. The number of nitrogens with zero attached hydrogens (tertiary/aromatic N) is 2. The van der Waals surface area contributed by atoms with E-state index in [-0.39, 0.29) is 6.61 Å². The largest absolute Gasteiger partial charge is 0.484 e. The van der Waals surface area contributed by atoms with Crippen LogP contribution in [0.5, 0.6) is 5.75 Å². The number of aryl methyl sites for hydroxylation is 1. The highest BCUT2D eigenvalue weighted by Gasteiger charge is 2.07. The second-order valence-electron chi connectivity index (χ2n) is 4.86. The summed E-state index contributed by atoms with van der Waals surface area (Å²) in [5.41, 5.74) is 2.30. The molecule has 1 heterocycles. The van der Waals surface area contributed by atoms with Gasteiger partial charge in [-0.2, -0.15) is 0 Å². The van der Waals surface area contributed by atoms with Crippen molar-refractivity contribution in [2.45, 2.75) is 20.0 Å². The zero-order valence-corrected chi connectivity index (χ0v) is 11.8. The normalized spacial score (nSPS) is 10.5. The van der Waals surface area contributed by atoms with Crippen LogP contribution in [-0.4, -0.2) is 10.2 Å². The van der Waals surface area contributed by atoms with Gasteiger partial charge in [-0.05, 0) is 30.2 Å². The maximum atomic E-state index is 5.64. The molecule has 21 heavy (non-hydrogen) atoms. The molecule has 0 aliphatic heterocycles. The highest BCUT2D eigenvalue weighted by Crippen LogP contribution is 2.15. The van der Waals surface area contributed by atoms with Crippen molar-refractivity contribution in [3.05, 3.63) is 77.5 Å². The molecule has 0 radical (unpaired) electrons. The number of ether oxygens (including phenoxy) is 1. The van der Waals surface area contributed by atoms with Crippen LogP contribution in [0, 0.1) is 6.92 Å². The molecule has 4 heteroatoms. The Balaban J connectivity index is 1.60. The Morgan fingerprint density at radius 2 is 1.76 bits per heavy atom. The zero-order valence-electron chi connectivity index (χ0n) is 11.8. The quantitative estimate of drug-likeness (QED) is 0.717. The number of hydrogen-bond acceptors (Lipinski definition) is 4. The van der Waals surface area contributed by atoms with E-state index < -0.39 is 0 Å². The molecule has 0 unspecified atom stereocenters. The smallest absolute Gasteiger partial charge is 0.253 e. The van der Waals surface area contributed by atoms with Gasteiger partial charge in [0, 0.05) is 0 Å². The summed E-state index contributed by atoms with van der Waals surface area (Å²) in [4.78, 5) is 0. The summed E-state index contributed by atoms with van der Waals surface area (Å²) in [5.74, 6) is 1.89. The first-order chi connectivity index (χ1) is 10.3. The maximum Gasteiger partial charge on any atom is 0.253 e. The van der Waals surface area contributed by atoms with Crippen LogP contribution < -0.4 is 4.74 Å². The van der Waals surface area contributed by atoms with E-state index in [0.29, 0.717) is 18.2 Å². The molecule has 0 bridgehead atoms. The van der Waals surface area contributed by atoms with E-state index in [1.54, 1.807) is 0 Å². The number of hydrogen-bond donors (Lipinski definition) is 0. The van der Waals surface area contributed by atoms with E-state index in [1.165, 1.54) is 0 Å². The third-order valence-corrected chi connectivity index (χ3v) is 3.06. The van der Waals surface area contributed by atoms with E-state index in [0.717, 1.165) is 16.9 Å². The first-order valence-corrected chi connectivity index (χ1v) is 6.84. The van der Waals surface area contributed by atoms with Crippen LogP contribution in [0.4, 0.5) is 0 Å². The lowest BCUT2D eigenvalue weighted by Crippen LogP contribution is -1.95. The molecule has 3 rings (SSSR count). The van der Waals surface area contributed by atoms with E-state index in [1.807, 2.05) is 61.5 Å². The average molecular weight is 280 g/mol. The minimum atomic E-state index is 0.283. The first kappa shape index (κ1) is 13.4. The molecular weight excluding hydrogens is 264 g/mol. The van der Waals surface area contributed by atoms with Gasteiger partial charge in [0.05, 0.1) is 6.42 Å². The molecule has 3 aromatic rings. The van der Waals surface area contributed by atoms with Crippen LogP contribution in [0.25, 0.3) is 0 Å². The molecule has 0 N–H and O–H groups in total. The summed E-state index contributed by atoms with van der Waals surface area (Å²) in [7, 11) is 0. The van der Waals surface area contributed by atoms with Crippen molar-refractivity contribution in [1.29, 1.82) is 0 Å². The van der Waals surface area contributed by atoms with Crippen molar-refractivity contribution in [2.24, 2.45) is 0 Å². The average Bonchev–Trinajstić information content (AvgIpc) is 2.94. The molecule has 0 spiro atoms. The van der Waals surface area contributed by atoms with E-state index >= 15 is 0 Å². The van der Waals surface area contributed by atoms with Gasteiger partial charge in [0.1, 0.15) is 5.75 Å². The predicted octanol–water partition coefficient (Wildman–Crippen LogP) is 3.55. The maximum absolute atomic E-state index is 5.64. The van der Waals surface area contributed by atoms with Crippen molar-refractivity contribution in [2.75, 3.05) is 0 Å². The highest BCUT2D eigenvalue weighted by atomic mass is 16.5. The third kappa shape index (κ3) is 3.69.